The van der Waals surface area contributed by atoms with Crippen molar-refractivity contribution in [2.75, 3.05) is 18.5 Å². The number of aliphatic hydroxyl groups excluding tert-OH is 1. The molecular formula is C16H14BrNO2S2. The predicted molar refractivity (Wildman–Crippen MR) is 93.1 cm³/mol. The summed E-state index contributed by atoms with van der Waals surface area (Å²) in [5, 5.41) is 13.2. The molecule has 0 unspecified atom stereocenters. The average Bonchev–Trinajstić information content (AvgIpc) is 2.91. The Morgan fingerprint density at radius 3 is 2.82 bits per heavy atom. The number of hydrogen-bond acceptors (Lipinski definition) is 5. The summed E-state index contributed by atoms with van der Waals surface area (Å²) < 4.78 is 6.43. The molecule has 2 aliphatic rings. The lowest BCUT2D eigenvalue weighted by Gasteiger charge is -2.21. The van der Waals surface area contributed by atoms with Crippen LogP contribution in [-0.2, 0) is 4.74 Å². The van der Waals surface area contributed by atoms with E-state index in [9.17, 15) is 5.11 Å². The summed E-state index contributed by atoms with van der Waals surface area (Å²) in [6, 6.07) is 12.6. The number of anilines is 1. The minimum Gasteiger partial charge on any atom is -0.388 e. The fourth-order valence-corrected chi connectivity index (χ4v) is 5.58. The molecule has 1 saturated heterocycles. The minimum absolute atomic E-state index is 0.0271. The molecule has 0 aliphatic carbocycles. The Labute approximate surface area is 146 Å². The molecule has 0 radical (unpaired) electrons. The molecule has 2 aliphatic heterocycles. The van der Waals surface area contributed by atoms with Gasteiger partial charge in [-0.05, 0) is 46.3 Å². The first-order chi connectivity index (χ1) is 10.7. The van der Waals surface area contributed by atoms with E-state index < -0.39 is 6.10 Å². The second-order valence-corrected chi connectivity index (χ2v) is 8.28. The Bertz CT molecular complexity index is 725. The summed E-state index contributed by atoms with van der Waals surface area (Å²) in [7, 11) is 0. The molecule has 1 fully saturated rings. The molecule has 2 N–H and O–H groups in total. The van der Waals surface area contributed by atoms with Crippen molar-refractivity contribution in [2.24, 2.45) is 0 Å². The first-order valence-electron chi connectivity index (χ1n) is 7.01. The first-order valence-corrected chi connectivity index (χ1v) is 9.44. The number of benzene rings is 2. The highest BCUT2D eigenvalue weighted by Gasteiger charge is 2.26. The van der Waals surface area contributed by atoms with Crippen LogP contribution in [0.15, 0.2) is 60.5 Å². The molecule has 0 amide bonds. The van der Waals surface area contributed by atoms with Crippen LogP contribution < -0.4 is 5.32 Å². The fraction of sp³-hybridized carbons (Fsp3) is 0.250. The molecule has 114 valence electrons. The van der Waals surface area contributed by atoms with Gasteiger partial charge < -0.3 is 15.2 Å². The van der Waals surface area contributed by atoms with Crippen molar-refractivity contribution < 1.29 is 9.84 Å². The van der Waals surface area contributed by atoms with Gasteiger partial charge in [0.05, 0.1) is 25.4 Å². The highest BCUT2D eigenvalue weighted by molar-refractivity contribution is 9.10. The number of halogens is 1. The molecular weight excluding hydrogens is 382 g/mol. The van der Waals surface area contributed by atoms with Crippen molar-refractivity contribution in [3.8, 4) is 0 Å². The van der Waals surface area contributed by atoms with Crippen molar-refractivity contribution in [1.82, 2.24) is 0 Å². The van der Waals surface area contributed by atoms with Gasteiger partial charge in [-0.1, -0.05) is 29.6 Å². The number of ether oxygens (including phenoxy) is 1. The van der Waals surface area contributed by atoms with Crippen LogP contribution in [0, 0.1) is 0 Å². The van der Waals surface area contributed by atoms with Crippen molar-refractivity contribution in [2.45, 2.75) is 31.7 Å². The maximum atomic E-state index is 9.85. The van der Waals surface area contributed by atoms with Crippen molar-refractivity contribution in [1.29, 1.82) is 0 Å². The van der Waals surface area contributed by atoms with Gasteiger partial charge in [-0.25, -0.2) is 0 Å². The molecule has 6 heteroatoms. The van der Waals surface area contributed by atoms with Gasteiger partial charge in [0.1, 0.15) is 0 Å². The van der Waals surface area contributed by atoms with Crippen LogP contribution in [0.25, 0.3) is 0 Å². The molecule has 4 rings (SSSR count). The number of nitrogens with one attached hydrogen (secondary N) is 1. The summed E-state index contributed by atoms with van der Waals surface area (Å²) in [5.74, 6) is 0. The summed E-state index contributed by atoms with van der Waals surface area (Å²) in [5.41, 5.74) is 1.03. The Morgan fingerprint density at radius 2 is 2.00 bits per heavy atom. The van der Waals surface area contributed by atoms with Crippen LogP contribution in [0.1, 0.15) is 0 Å². The van der Waals surface area contributed by atoms with E-state index in [0.29, 0.717) is 13.2 Å². The van der Waals surface area contributed by atoms with E-state index in [2.05, 4.69) is 57.6 Å². The van der Waals surface area contributed by atoms with Gasteiger partial charge in [-0.15, -0.1) is 0 Å². The standard InChI is InChI=1S/C16H14BrNO2S2/c17-10-2-1-3-14-16(10)22-13-5-4-9(6-15(13)21-14)18-11-7-20-8-12(11)19/h1-6,11-12,18-19H,7-8H2/t11-,12-/m1/s1. The van der Waals surface area contributed by atoms with Gasteiger partial charge >= 0.3 is 0 Å². The van der Waals surface area contributed by atoms with Crippen LogP contribution in [-0.4, -0.2) is 30.5 Å². The predicted octanol–water partition coefficient (Wildman–Crippen LogP) is 4.24. The van der Waals surface area contributed by atoms with Crippen LogP contribution in [0.3, 0.4) is 0 Å². The molecule has 0 aromatic heterocycles. The molecule has 0 bridgehead atoms. The minimum atomic E-state index is -0.435. The largest absolute Gasteiger partial charge is 0.388 e. The van der Waals surface area contributed by atoms with Crippen molar-refractivity contribution in [3.63, 3.8) is 0 Å². The molecule has 0 saturated carbocycles. The number of aliphatic hydroxyl groups is 1. The summed E-state index contributed by atoms with van der Waals surface area (Å²) >= 11 is 7.20. The summed E-state index contributed by atoms with van der Waals surface area (Å²) in [6.07, 6.45) is -0.435. The summed E-state index contributed by atoms with van der Waals surface area (Å²) in [4.78, 5) is 5.06. The Balaban J connectivity index is 1.60. The summed E-state index contributed by atoms with van der Waals surface area (Å²) in [6.45, 7) is 0.963. The smallest absolute Gasteiger partial charge is 0.0996 e. The van der Waals surface area contributed by atoms with Gasteiger partial charge in [0.15, 0.2) is 0 Å². The third kappa shape index (κ3) is 2.78. The Kier molecular flexibility index (Phi) is 4.13. The van der Waals surface area contributed by atoms with E-state index in [1.54, 1.807) is 23.5 Å². The monoisotopic (exact) mass is 395 g/mol. The zero-order chi connectivity index (χ0) is 15.1. The Hall–Kier alpha value is -0.660. The maximum absolute atomic E-state index is 9.85. The molecule has 22 heavy (non-hydrogen) atoms. The molecule has 2 atom stereocenters. The van der Waals surface area contributed by atoms with Crippen molar-refractivity contribution >= 4 is 45.1 Å². The Morgan fingerprint density at radius 1 is 1.09 bits per heavy atom. The number of hydrogen-bond donors (Lipinski definition) is 2. The van der Waals surface area contributed by atoms with Gasteiger partial charge in [0, 0.05) is 29.7 Å². The fourth-order valence-electron chi connectivity index (χ4n) is 2.55. The van der Waals surface area contributed by atoms with Crippen LogP contribution in [0.4, 0.5) is 5.69 Å². The molecule has 0 spiro atoms. The van der Waals surface area contributed by atoms with Gasteiger partial charge in [-0.2, -0.15) is 0 Å². The third-order valence-electron chi connectivity index (χ3n) is 3.71. The molecule has 2 heterocycles. The van der Waals surface area contributed by atoms with Crippen LogP contribution in [0.5, 0.6) is 0 Å². The first kappa shape index (κ1) is 14.9. The lowest BCUT2D eigenvalue weighted by atomic mass is 10.2. The second-order valence-electron chi connectivity index (χ2n) is 5.29. The topological polar surface area (TPSA) is 41.5 Å². The van der Waals surface area contributed by atoms with E-state index in [-0.39, 0.29) is 6.04 Å². The number of rotatable bonds is 2. The van der Waals surface area contributed by atoms with E-state index in [4.69, 9.17) is 4.74 Å². The zero-order valence-corrected chi connectivity index (χ0v) is 14.8. The van der Waals surface area contributed by atoms with E-state index in [0.717, 1.165) is 10.2 Å². The highest BCUT2D eigenvalue weighted by Crippen LogP contribution is 2.51. The van der Waals surface area contributed by atoms with Crippen LogP contribution >= 0.6 is 39.5 Å². The highest BCUT2D eigenvalue weighted by atomic mass is 79.9. The maximum Gasteiger partial charge on any atom is 0.0996 e. The van der Waals surface area contributed by atoms with E-state index in [1.165, 1.54) is 19.6 Å². The van der Waals surface area contributed by atoms with E-state index >= 15 is 0 Å². The second kappa shape index (κ2) is 6.09. The van der Waals surface area contributed by atoms with Crippen molar-refractivity contribution in [3.05, 3.63) is 40.9 Å². The normalized spacial score (nSPS) is 23.0. The molecule has 2 aromatic rings. The van der Waals surface area contributed by atoms with Crippen LogP contribution in [0.2, 0.25) is 0 Å². The van der Waals surface area contributed by atoms with Gasteiger partial charge in [-0.3, -0.25) is 0 Å². The lowest BCUT2D eigenvalue weighted by Crippen LogP contribution is -2.31. The number of fused-ring (bicyclic) bond motifs is 2. The third-order valence-corrected chi connectivity index (χ3v) is 7.23. The molecule has 2 aromatic carbocycles. The quantitative estimate of drug-likeness (QED) is 0.679. The SMILES string of the molecule is O[C@@H]1COC[C@H]1Nc1ccc2c(c1)Sc1cccc(Br)c1S2. The van der Waals surface area contributed by atoms with Gasteiger partial charge in [0.25, 0.3) is 0 Å². The lowest BCUT2D eigenvalue weighted by molar-refractivity contribution is 0.125. The average molecular weight is 396 g/mol. The zero-order valence-electron chi connectivity index (χ0n) is 11.6. The van der Waals surface area contributed by atoms with E-state index in [1.807, 2.05) is 0 Å². The molecule has 3 nitrogen and oxygen atoms in total. The van der Waals surface area contributed by atoms with Gasteiger partial charge in [0.2, 0.25) is 0 Å².